The van der Waals surface area contributed by atoms with Gasteiger partial charge in [0.05, 0.1) is 7.11 Å². The third-order valence-corrected chi connectivity index (χ3v) is 4.54. The fourth-order valence-corrected chi connectivity index (χ4v) is 3.02. The van der Waals surface area contributed by atoms with Gasteiger partial charge in [0.15, 0.2) is 23.3 Å². The molecule has 0 unspecified atom stereocenters. The lowest BCUT2D eigenvalue weighted by atomic mass is 9.77. The summed E-state index contributed by atoms with van der Waals surface area (Å²) in [6.45, 7) is 1.84. The highest BCUT2D eigenvalue weighted by Gasteiger charge is 2.66. The van der Waals surface area contributed by atoms with Crippen molar-refractivity contribution in [1.29, 1.82) is 0 Å². The number of carbonyl (C=O) groups is 1. The number of hydrogen-bond donors (Lipinski definition) is 0. The van der Waals surface area contributed by atoms with Crippen LogP contribution in [-0.4, -0.2) is 31.0 Å². The zero-order valence-corrected chi connectivity index (χ0v) is 12.9. The van der Waals surface area contributed by atoms with E-state index in [2.05, 4.69) is 0 Å². The van der Waals surface area contributed by atoms with Gasteiger partial charge in [0.25, 0.3) is 0 Å². The standard InChI is InChI=1S/C15H14F5O4/c1-6-9(7-4-5-8(16)10(17)11(7)23-3)12(13(21)22)24-14(6,2)15(18,19)20/h4-6,9,12H,1-3H3/t6-,9-,12+,14+/m0/s1. The van der Waals surface area contributed by atoms with Crippen LogP contribution in [0.5, 0.6) is 5.75 Å². The second-order valence-corrected chi connectivity index (χ2v) is 5.76. The van der Waals surface area contributed by atoms with Crippen LogP contribution >= 0.6 is 0 Å². The Balaban J connectivity index is 2.64. The van der Waals surface area contributed by atoms with Crippen molar-refractivity contribution < 1.29 is 41.3 Å². The van der Waals surface area contributed by atoms with E-state index in [1.165, 1.54) is 0 Å². The van der Waals surface area contributed by atoms with Gasteiger partial charge in [-0.15, -0.1) is 0 Å². The minimum absolute atomic E-state index is 0.230. The molecule has 1 saturated heterocycles. The molecule has 1 heterocycles. The molecule has 0 N–H and O–H groups in total. The first kappa shape index (κ1) is 18.4. The molecule has 9 heteroatoms. The van der Waals surface area contributed by atoms with E-state index in [1.807, 2.05) is 0 Å². The van der Waals surface area contributed by atoms with Gasteiger partial charge in [-0.1, -0.05) is 13.0 Å². The van der Waals surface area contributed by atoms with Crippen LogP contribution in [-0.2, 0) is 14.6 Å². The number of carbonyl (C=O) groups excluding carboxylic acids is 1. The summed E-state index contributed by atoms with van der Waals surface area (Å²) in [5.41, 5.74) is -3.02. The first-order valence-electron chi connectivity index (χ1n) is 6.93. The normalized spacial score (nSPS) is 30.4. The number of alkyl halides is 3. The predicted molar refractivity (Wildman–Crippen MR) is 69.8 cm³/mol. The van der Waals surface area contributed by atoms with Gasteiger partial charge in [0.1, 0.15) is 0 Å². The minimum atomic E-state index is -4.87. The lowest BCUT2D eigenvalue weighted by molar-refractivity contribution is -0.274. The highest BCUT2D eigenvalue weighted by atomic mass is 19.4. The number of hydrogen-bond acceptors (Lipinski definition) is 3. The molecule has 2 rings (SSSR count). The quantitative estimate of drug-likeness (QED) is 0.783. The second-order valence-electron chi connectivity index (χ2n) is 5.76. The Kier molecular flexibility index (Phi) is 4.51. The predicted octanol–water partition coefficient (Wildman–Crippen LogP) is 3.37. The number of ether oxygens (including phenoxy) is 2. The lowest BCUT2D eigenvalue weighted by Gasteiger charge is -2.31. The molecule has 1 aromatic carbocycles. The molecule has 0 saturated carbocycles. The van der Waals surface area contributed by atoms with Crippen molar-refractivity contribution in [1.82, 2.24) is 0 Å². The highest BCUT2D eigenvalue weighted by molar-refractivity contribution is 5.74. The topological polar surface area (TPSA) is 55.4 Å². The molecule has 133 valence electrons. The van der Waals surface area contributed by atoms with Crippen molar-refractivity contribution in [2.45, 2.75) is 37.6 Å². The van der Waals surface area contributed by atoms with Gasteiger partial charge in [-0.3, -0.25) is 0 Å². The number of halogens is 5. The SMILES string of the molecule is COc1c([C@H]2[C@H](C([O])=O)O[C@@](C)(C(F)(F)F)[C@H]2C)ccc(F)c1F. The molecule has 1 aromatic rings. The Morgan fingerprint density at radius 2 is 1.88 bits per heavy atom. The van der Waals surface area contributed by atoms with Crippen LogP contribution < -0.4 is 4.74 Å². The third kappa shape index (κ3) is 2.60. The largest absolute Gasteiger partial charge is 0.493 e. The van der Waals surface area contributed by atoms with E-state index in [0.29, 0.717) is 13.0 Å². The third-order valence-electron chi connectivity index (χ3n) is 4.54. The molecule has 1 aliphatic rings. The summed E-state index contributed by atoms with van der Waals surface area (Å²) in [5.74, 6) is -8.09. The molecule has 0 amide bonds. The summed E-state index contributed by atoms with van der Waals surface area (Å²) in [6, 6.07) is 1.68. The average molecular weight is 353 g/mol. The fourth-order valence-electron chi connectivity index (χ4n) is 3.02. The molecule has 0 aromatic heterocycles. The van der Waals surface area contributed by atoms with E-state index in [9.17, 15) is 31.9 Å². The van der Waals surface area contributed by atoms with E-state index < -0.39 is 53.1 Å². The molecule has 4 atom stereocenters. The Morgan fingerprint density at radius 1 is 1.29 bits per heavy atom. The molecular formula is C15H14F5O4. The van der Waals surface area contributed by atoms with Crippen molar-refractivity contribution in [3.8, 4) is 5.75 Å². The first-order chi connectivity index (χ1) is 11.0. The molecule has 24 heavy (non-hydrogen) atoms. The monoisotopic (exact) mass is 353 g/mol. The molecule has 1 radical (unpaired) electrons. The van der Waals surface area contributed by atoms with Crippen LogP contribution in [0.3, 0.4) is 0 Å². The summed E-state index contributed by atoms with van der Waals surface area (Å²) in [4.78, 5) is 11.3. The van der Waals surface area contributed by atoms with E-state index in [0.717, 1.165) is 20.1 Å². The summed E-state index contributed by atoms with van der Waals surface area (Å²) in [6.07, 6.45) is -6.87. The van der Waals surface area contributed by atoms with Crippen LogP contribution in [0.4, 0.5) is 22.0 Å². The van der Waals surface area contributed by atoms with Gasteiger partial charge >= 0.3 is 12.1 Å². The van der Waals surface area contributed by atoms with Crippen molar-refractivity contribution in [3.05, 3.63) is 29.3 Å². The van der Waals surface area contributed by atoms with Crippen LogP contribution in [0.15, 0.2) is 12.1 Å². The van der Waals surface area contributed by atoms with Gasteiger partial charge in [0, 0.05) is 17.4 Å². The molecule has 0 spiro atoms. The van der Waals surface area contributed by atoms with Crippen LogP contribution in [0.25, 0.3) is 0 Å². The Hall–Kier alpha value is -1.90. The Morgan fingerprint density at radius 3 is 2.33 bits per heavy atom. The van der Waals surface area contributed by atoms with Gasteiger partial charge in [-0.2, -0.15) is 17.6 Å². The molecular weight excluding hydrogens is 339 g/mol. The van der Waals surface area contributed by atoms with Crippen LogP contribution in [0.2, 0.25) is 0 Å². The van der Waals surface area contributed by atoms with E-state index >= 15 is 0 Å². The zero-order chi connectivity index (χ0) is 18.4. The van der Waals surface area contributed by atoms with Crippen LogP contribution in [0, 0.1) is 17.6 Å². The van der Waals surface area contributed by atoms with Crippen LogP contribution in [0.1, 0.15) is 25.3 Å². The highest BCUT2D eigenvalue weighted by Crippen LogP contribution is 2.54. The second kappa shape index (κ2) is 5.87. The molecule has 4 nitrogen and oxygen atoms in total. The van der Waals surface area contributed by atoms with Crippen molar-refractivity contribution in [3.63, 3.8) is 0 Å². The molecule has 1 aliphatic heterocycles. The zero-order valence-electron chi connectivity index (χ0n) is 12.9. The first-order valence-corrected chi connectivity index (χ1v) is 6.93. The fraction of sp³-hybridized carbons (Fsp3) is 0.533. The maximum atomic E-state index is 13.9. The van der Waals surface area contributed by atoms with Crippen molar-refractivity contribution in [2.24, 2.45) is 5.92 Å². The van der Waals surface area contributed by atoms with E-state index in [-0.39, 0.29) is 5.56 Å². The Bertz CT molecular complexity index is 660. The van der Waals surface area contributed by atoms with Gasteiger partial charge in [-0.05, 0) is 13.0 Å². The van der Waals surface area contributed by atoms with Gasteiger partial charge in [0.2, 0.25) is 5.82 Å². The summed E-state index contributed by atoms with van der Waals surface area (Å²) < 4.78 is 76.7. The smallest absolute Gasteiger partial charge is 0.417 e. The summed E-state index contributed by atoms with van der Waals surface area (Å²) in [5, 5.41) is 11.3. The Labute approximate surface area is 134 Å². The van der Waals surface area contributed by atoms with E-state index in [4.69, 9.17) is 9.47 Å². The summed E-state index contributed by atoms with van der Waals surface area (Å²) in [7, 11) is 0.999. The summed E-state index contributed by atoms with van der Waals surface area (Å²) >= 11 is 0. The maximum Gasteiger partial charge on any atom is 0.417 e. The van der Waals surface area contributed by atoms with Crippen molar-refractivity contribution >= 4 is 5.97 Å². The van der Waals surface area contributed by atoms with Gasteiger partial charge < -0.3 is 9.47 Å². The van der Waals surface area contributed by atoms with Gasteiger partial charge in [-0.25, -0.2) is 14.3 Å². The molecule has 0 bridgehead atoms. The average Bonchev–Trinajstić information content (AvgIpc) is 2.75. The molecule has 1 fully saturated rings. The number of benzene rings is 1. The number of methoxy groups -OCH3 is 1. The minimum Gasteiger partial charge on any atom is -0.493 e. The lowest BCUT2D eigenvalue weighted by Crippen LogP contribution is -2.47. The maximum absolute atomic E-state index is 13.9. The number of rotatable bonds is 3. The van der Waals surface area contributed by atoms with Crippen molar-refractivity contribution in [2.75, 3.05) is 7.11 Å². The van der Waals surface area contributed by atoms with E-state index in [1.54, 1.807) is 0 Å². The molecule has 0 aliphatic carbocycles.